The minimum atomic E-state index is -1.26. The van der Waals surface area contributed by atoms with Crippen LogP contribution >= 0.6 is 34.8 Å². The molecular formula is C25H13Cl3N2O7. The van der Waals surface area contributed by atoms with Crippen molar-refractivity contribution in [1.29, 1.82) is 0 Å². The number of hydrogen-bond donors (Lipinski definition) is 3. The molecule has 4 aromatic rings. The van der Waals surface area contributed by atoms with Crippen LogP contribution < -0.4 is 4.74 Å². The summed E-state index contributed by atoms with van der Waals surface area (Å²) >= 11 is 19.1. The molecule has 1 aliphatic rings. The fraction of sp³-hybridized carbons (Fsp3) is 0.0400. The first-order valence-corrected chi connectivity index (χ1v) is 11.6. The van der Waals surface area contributed by atoms with E-state index in [2.05, 4.69) is 4.98 Å². The van der Waals surface area contributed by atoms with Gasteiger partial charge in [-0.25, -0.2) is 4.79 Å². The minimum Gasteiger partial charge on any atom is -0.507 e. The molecule has 3 N–H and O–H groups in total. The molecule has 0 bridgehead atoms. The van der Waals surface area contributed by atoms with Crippen molar-refractivity contribution in [2.45, 2.75) is 6.92 Å². The van der Waals surface area contributed by atoms with E-state index in [4.69, 9.17) is 39.5 Å². The van der Waals surface area contributed by atoms with Crippen LogP contribution in [0.1, 0.15) is 59.7 Å². The summed E-state index contributed by atoms with van der Waals surface area (Å²) < 4.78 is 7.08. The van der Waals surface area contributed by atoms with Crippen LogP contribution in [0.3, 0.4) is 0 Å². The Morgan fingerprint density at radius 1 is 1.00 bits per heavy atom. The highest BCUT2D eigenvalue weighted by molar-refractivity contribution is 6.43. The van der Waals surface area contributed by atoms with Crippen LogP contribution in [0.4, 0.5) is 0 Å². The lowest BCUT2D eigenvalue weighted by atomic mass is 10.0. The number of carbonyl (C=O) groups excluding carboxylic acids is 3. The van der Waals surface area contributed by atoms with E-state index in [1.54, 1.807) is 0 Å². The van der Waals surface area contributed by atoms with E-state index in [1.165, 1.54) is 37.3 Å². The van der Waals surface area contributed by atoms with E-state index in [9.17, 15) is 29.4 Å². The number of phenolic OH excluding ortho intramolecular Hbond substituents is 1. The largest absolute Gasteiger partial charge is 0.507 e. The van der Waals surface area contributed by atoms with Crippen LogP contribution in [-0.2, 0) is 0 Å². The van der Waals surface area contributed by atoms with Gasteiger partial charge in [0.1, 0.15) is 32.4 Å². The Labute approximate surface area is 222 Å². The Balaban J connectivity index is 1.79. The molecule has 0 saturated carbocycles. The number of ether oxygens (including phenoxy) is 1. The molecule has 0 spiro atoms. The molecule has 5 rings (SSSR count). The first-order valence-electron chi connectivity index (χ1n) is 10.5. The smallest absolute Gasteiger partial charge is 0.335 e. The van der Waals surface area contributed by atoms with E-state index < -0.39 is 23.3 Å². The van der Waals surface area contributed by atoms with Crippen molar-refractivity contribution in [1.82, 2.24) is 9.55 Å². The highest BCUT2D eigenvalue weighted by Crippen LogP contribution is 2.45. The zero-order chi connectivity index (χ0) is 26.8. The lowest BCUT2D eigenvalue weighted by Gasteiger charge is -2.19. The van der Waals surface area contributed by atoms with E-state index in [0.29, 0.717) is 0 Å². The first-order chi connectivity index (χ1) is 17.5. The Kier molecular flexibility index (Phi) is 5.86. The maximum Gasteiger partial charge on any atom is 0.335 e. The number of phenols is 1. The summed E-state index contributed by atoms with van der Waals surface area (Å²) in [5.41, 5.74) is -0.430. The van der Waals surface area contributed by atoms with Crippen molar-refractivity contribution >= 4 is 58.1 Å². The number of aromatic hydroxyl groups is 1. The van der Waals surface area contributed by atoms with Gasteiger partial charge in [-0.05, 0) is 43.3 Å². The van der Waals surface area contributed by atoms with Crippen molar-refractivity contribution in [3.8, 4) is 23.1 Å². The number of Topliss-reactive ketones (excluding diaryl/α,β-unsaturated/α-hetero) is 1. The summed E-state index contributed by atoms with van der Waals surface area (Å²) in [5, 5.41) is 19.6. The van der Waals surface area contributed by atoms with E-state index in [0.717, 1.165) is 16.7 Å². The fourth-order valence-electron chi connectivity index (χ4n) is 4.00. The lowest BCUT2D eigenvalue weighted by Crippen LogP contribution is -2.17. The van der Waals surface area contributed by atoms with Gasteiger partial charge >= 0.3 is 5.97 Å². The SMILES string of the molecule is CC(=O)c1ccc(C(=O)c2cc(Cl)c3n2-c2c([nH]c(Cl)c2Cl)C(=O)c2ccc(C(=O)O)cc2O3)c(O)c1. The number of fused-ring (bicyclic) bond motifs is 4. The van der Waals surface area contributed by atoms with Crippen LogP contribution in [0.25, 0.3) is 5.69 Å². The summed E-state index contributed by atoms with van der Waals surface area (Å²) in [7, 11) is 0. The van der Waals surface area contributed by atoms with Crippen LogP contribution in [-0.4, -0.2) is 43.1 Å². The molecule has 1 aliphatic heterocycles. The fourth-order valence-corrected chi connectivity index (χ4v) is 4.64. The predicted molar refractivity (Wildman–Crippen MR) is 134 cm³/mol. The van der Waals surface area contributed by atoms with Gasteiger partial charge < -0.3 is 19.9 Å². The molecule has 0 unspecified atom stereocenters. The van der Waals surface area contributed by atoms with Crippen molar-refractivity contribution in [2.75, 3.05) is 0 Å². The van der Waals surface area contributed by atoms with E-state index in [-0.39, 0.29) is 71.9 Å². The van der Waals surface area contributed by atoms with Crippen LogP contribution in [0.5, 0.6) is 17.4 Å². The second-order valence-electron chi connectivity index (χ2n) is 8.06. The summed E-state index contributed by atoms with van der Waals surface area (Å²) in [6.45, 7) is 1.31. The molecule has 0 amide bonds. The standard InChI is InChI=1S/C25H13Cl3N2O7/c1-9(31)10-2-4-12(16(32)6-10)21(33)15-8-14(26)24-30(15)20-18(27)23(28)29-19(20)22(34)13-5-3-11(25(35)36)7-17(13)37-24/h2-8,29,32H,1H3,(H,35,36). The van der Waals surface area contributed by atoms with E-state index >= 15 is 0 Å². The van der Waals surface area contributed by atoms with Gasteiger partial charge in [-0.2, -0.15) is 0 Å². The van der Waals surface area contributed by atoms with Crippen LogP contribution in [0.2, 0.25) is 15.2 Å². The average Bonchev–Trinajstić information content (AvgIpc) is 3.32. The molecule has 0 saturated heterocycles. The molecule has 2 aromatic heterocycles. The maximum atomic E-state index is 13.6. The van der Waals surface area contributed by atoms with Crippen molar-refractivity contribution in [2.24, 2.45) is 0 Å². The number of hydrogen-bond acceptors (Lipinski definition) is 6. The number of benzene rings is 2. The molecule has 12 heteroatoms. The van der Waals surface area contributed by atoms with Crippen molar-refractivity contribution in [3.05, 3.63) is 91.3 Å². The van der Waals surface area contributed by atoms with Gasteiger partial charge in [-0.15, -0.1) is 0 Å². The minimum absolute atomic E-state index is 0.00491. The molecule has 37 heavy (non-hydrogen) atoms. The van der Waals surface area contributed by atoms with Gasteiger partial charge in [-0.1, -0.05) is 40.9 Å². The van der Waals surface area contributed by atoms with Gasteiger partial charge in [0.2, 0.25) is 17.4 Å². The number of halogens is 3. The lowest BCUT2D eigenvalue weighted by molar-refractivity contribution is 0.0695. The Bertz CT molecular complexity index is 1700. The zero-order valence-electron chi connectivity index (χ0n) is 18.6. The van der Waals surface area contributed by atoms with Gasteiger partial charge in [-0.3, -0.25) is 19.0 Å². The number of aromatic amines is 1. The molecule has 3 heterocycles. The molecule has 186 valence electrons. The third-order valence-electron chi connectivity index (χ3n) is 5.80. The third kappa shape index (κ3) is 3.88. The van der Waals surface area contributed by atoms with Gasteiger partial charge in [0.15, 0.2) is 5.78 Å². The number of carboxylic acids is 1. The average molecular weight is 560 g/mol. The quantitative estimate of drug-likeness (QED) is 0.232. The van der Waals surface area contributed by atoms with Gasteiger partial charge in [0.25, 0.3) is 0 Å². The molecule has 0 radical (unpaired) electrons. The Morgan fingerprint density at radius 3 is 2.35 bits per heavy atom. The summed E-state index contributed by atoms with van der Waals surface area (Å²) in [5.74, 6) is -3.69. The Hall–Kier alpha value is -4.05. The number of H-pyrrole nitrogens is 1. The maximum absolute atomic E-state index is 13.6. The molecular weight excluding hydrogens is 547 g/mol. The highest BCUT2D eigenvalue weighted by Gasteiger charge is 2.34. The number of aromatic carboxylic acids is 1. The number of carbonyl (C=O) groups is 4. The first kappa shape index (κ1) is 24.6. The summed E-state index contributed by atoms with van der Waals surface area (Å²) in [6, 6.07) is 8.72. The number of carboxylic acid groups (broad SMARTS) is 1. The second-order valence-corrected chi connectivity index (χ2v) is 9.22. The number of aromatic nitrogens is 2. The molecule has 0 aliphatic carbocycles. The van der Waals surface area contributed by atoms with Gasteiger partial charge in [0, 0.05) is 5.56 Å². The van der Waals surface area contributed by atoms with E-state index in [1.807, 2.05) is 0 Å². The molecule has 0 atom stereocenters. The monoisotopic (exact) mass is 558 g/mol. The summed E-state index contributed by atoms with van der Waals surface area (Å²) in [6.07, 6.45) is 0. The number of nitrogens with one attached hydrogen (secondary N) is 1. The van der Waals surface area contributed by atoms with Crippen LogP contribution in [0, 0.1) is 0 Å². The normalized spacial score (nSPS) is 12.1. The van der Waals surface area contributed by atoms with Crippen molar-refractivity contribution in [3.63, 3.8) is 0 Å². The number of rotatable bonds is 4. The van der Waals surface area contributed by atoms with Crippen molar-refractivity contribution < 1.29 is 34.1 Å². The zero-order valence-corrected chi connectivity index (χ0v) is 20.8. The van der Waals surface area contributed by atoms with Crippen LogP contribution in [0.15, 0.2) is 42.5 Å². The molecule has 9 nitrogen and oxygen atoms in total. The molecule has 0 fully saturated rings. The second kappa shape index (κ2) is 8.81. The summed E-state index contributed by atoms with van der Waals surface area (Å²) in [4.78, 5) is 53.0. The van der Waals surface area contributed by atoms with Gasteiger partial charge in [0.05, 0.1) is 28.1 Å². The Morgan fingerprint density at radius 2 is 1.70 bits per heavy atom. The number of ketones is 3. The molecule has 2 aromatic carbocycles. The topological polar surface area (TPSA) is 139 Å². The third-order valence-corrected chi connectivity index (χ3v) is 6.81. The number of nitrogens with zero attached hydrogens (tertiary/aromatic N) is 1. The predicted octanol–water partition coefficient (Wildman–Crippen LogP) is 5.94. The highest BCUT2D eigenvalue weighted by atomic mass is 35.5.